The number of rotatable bonds is 3. The topological polar surface area (TPSA) is 119 Å². The van der Waals surface area contributed by atoms with Gasteiger partial charge in [-0.15, -0.1) is 10.2 Å². The molecule has 27 heavy (non-hydrogen) atoms. The van der Waals surface area contributed by atoms with Crippen molar-refractivity contribution >= 4 is 17.0 Å². The van der Waals surface area contributed by atoms with Gasteiger partial charge in [-0.1, -0.05) is 25.9 Å². The van der Waals surface area contributed by atoms with Crippen LogP contribution in [0.3, 0.4) is 0 Å². The van der Waals surface area contributed by atoms with E-state index in [0.717, 1.165) is 0 Å². The second-order valence-corrected chi connectivity index (χ2v) is 8.43. The third-order valence-electron chi connectivity index (χ3n) is 4.54. The summed E-state index contributed by atoms with van der Waals surface area (Å²) in [5, 5.41) is 23.2. The van der Waals surface area contributed by atoms with Crippen molar-refractivity contribution in [3.63, 3.8) is 0 Å². The lowest BCUT2D eigenvalue weighted by Crippen LogP contribution is -2.31. The zero-order chi connectivity index (χ0) is 19.4. The predicted molar refractivity (Wildman–Crippen MR) is 97.4 cm³/mol. The Labute approximate surface area is 156 Å². The van der Waals surface area contributed by atoms with Crippen molar-refractivity contribution in [1.29, 1.82) is 0 Å². The molecule has 144 valence electrons. The zero-order valence-corrected chi connectivity index (χ0v) is 16.3. The molecule has 1 aliphatic rings. The van der Waals surface area contributed by atoms with Gasteiger partial charge in [0.1, 0.15) is 12.4 Å². The van der Waals surface area contributed by atoms with Crippen molar-refractivity contribution in [3.8, 4) is 0 Å². The van der Waals surface area contributed by atoms with Crippen LogP contribution in [-0.2, 0) is 12.0 Å². The fourth-order valence-electron chi connectivity index (χ4n) is 3.12. The molecule has 0 saturated carbocycles. The van der Waals surface area contributed by atoms with Gasteiger partial charge in [-0.3, -0.25) is 0 Å². The number of fused-ring (bicyclic) bond motifs is 1. The minimum absolute atomic E-state index is 0.238. The van der Waals surface area contributed by atoms with Crippen LogP contribution in [0.2, 0.25) is 0 Å². The SMILES string of the molecule is Cc1noc(Cn2nc3nc(C(C)(C)C)nc(N4CCC(C)(O)C4)c3n2)n1. The van der Waals surface area contributed by atoms with Crippen LogP contribution in [-0.4, -0.2) is 58.9 Å². The summed E-state index contributed by atoms with van der Waals surface area (Å²) in [7, 11) is 0. The highest BCUT2D eigenvalue weighted by Crippen LogP contribution is 2.31. The number of hydrogen-bond acceptors (Lipinski definition) is 9. The Bertz CT molecular complexity index is 985. The van der Waals surface area contributed by atoms with E-state index in [4.69, 9.17) is 9.51 Å². The lowest BCUT2D eigenvalue weighted by molar-refractivity contribution is 0.0839. The highest BCUT2D eigenvalue weighted by atomic mass is 16.5. The molecule has 1 aliphatic heterocycles. The standard InChI is InChI=1S/C17H24N8O2/c1-10-18-11(27-23-10)8-25-21-12-13(22-25)19-15(16(2,3)4)20-14(12)24-7-6-17(5,26)9-24/h26H,6-9H2,1-5H3. The van der Waals surface area contributed by atoms with E-state index in [0.29, 0.717) is 54.0 Å². The molecule has 1 saturated heterocycles. The number of aryl methyl sites for hydroxylation is 1. The summed E-state index contributed by atoms with van der Waals surface area (Å²) >= 11 is 0. The van der Waals surface area contributed by atoms with Gasteiger partial charge in [0.15, 0.2) is 17.2 Å². The van der Waals surface area contributed by atoms with Crippen molar-refractivity contribution in [2.24, 2.45) is 0 Å². The largest absolute Gasteiger partial charge is 0.388 e. The molecule has 0 amide bonds. The van der Waals surface area contributed by atoms with Gasteiger partial charge >= 0.3 is 0 Å². The first-order valence-electron chi connectivity index (χ1n) is 9.01. The first-order valence-corrected chi connectivity index (χ1v) is 9.01. The highest BCUT2D eigenvalue weighted by molar-refractivity contribution is 5.82. The fourth-order valence-corrected chi connectivity index (χ4v) is 3.12. The van der Waals surface area contributed by atoms with Crippen LogP contribution in [0.1, 0.15) is 51.7 Å². The molecule has 0 radical (unpaired) electrons. The molecular weight excluding hydrogens is 348 g/mol. The van der Waals surface area contributed by atoms with E-state index >= 15 is 0 Å². The summed E-state index contributed by atoms with van der Waals surface area (Å²) in [6.07, 6.45) is 0.679. The lowest BCUT2D eigenvalue weighted by Gasteiger charge is -2.22. The van der Waals surface area contributed by atoms with Gasteiger partial charge in [0.25, 0.3) is 0 Å². The average molecular weight is 372 g/mol. The molecule has 0 aromatic carbocycles. The maximum absolute atomic E-state index is 10.4. The van der Waals surface area contributed by atoms with Crippen molar-refractivity contribution < 1.29 is 9.63 Å². The first kappa shape index (κ1) is 17.8. The molecule has 10 nitrogen and oxygen atoms in total. The second-order valence-electron chi connectivity index (χ2n) is 8.43. The summed E-state index contributed by atoms with van der Waals surface area (Å²) < 4.78 is 5.16. The van der Waals surface area contributed by atoms with Gasteiger partial charge < -0.3 is 14.5 Å². The molecule has 3 aromatic heterocycles. The van der Waals surface area contributed by atoms with Gasteiger partial charge in [0.2, 0.25) is 11.5 Å². The minimum Gasteiger partial charge on any atom is -0.388 e. The van der Waals surface area contributed by atoms with Crippen molar-refractivity contribution in [3.05, 3.63) is 17.5 Å². The van der Waals surface area contributed by atoms with Gasteiger partial charge in [0.05, 0.1) is 5.60 Å². The number of nitrogens with zero attached hydrogens (tertiary/aromatic N) is 8. The van der Waals surface area contributed by atoms with Crippen LogP contribution in [0.25, 0.3) is 11.2 Å². The molecule has 0 spiro atoms. The summed E-state index contributed by atoms with van der Waals surface area (Å²) in [4.78, 5) is 17.1. The van der Waals surface area contributed by atoms with Crippen LogP contribution in [0.15, 0.2) is 4.52 Å². The monoisotopic (exact) mass is 372 g/mol. The average Bonchev–Trinajstić information content (AvgIpc) is 3.24. The van der Waals surface area contributed by atoms with E-state index in [-0.39, 0.29) is 12.0 Å². The van der Waals surface area contributed by atoms with Crippen LogP contribution in [0.4, 0.5) is 5.82 Å². The summed E-state index contributed by atoms with van der Waals surface area (Å²) in [6.45, 7) is 11.2. The third-order valence-corrected chi connectivity index (χ3v) is 4.54. The van der Waals surface area contributed by atoms with E-state index in [1.807, 2.05) is 6.92 Å². The number of β-amino-alcohol motifs (C(OH)–C–C–N with tert-alkyl or cyclic N) is 1. The number of hydrogen-bond donors (Lipinski definition) is 1. The van der Waals surface area contributed by atoms with E-state index in [9.17, 15) is 5.11 Å². The normalized spacial score (nSPS) is 20.7. The molecule has 4 rings (SSSR count). The number of aliphatic hydroxyl groups is 1. The minimum atomic E-state index is -0.740. The molecule has 10 heteroatoms. The number of anilines is 1. The molecular formula is C17H24N8O2. The maximum atomic E-state index is 10.4. The molecule has 1 unspecified atom stereocenters. The Morgan fingerprint density at radius 3 is 2.56 bits per heavy atom. The Balaban J connectivity index is 1.79. The van der Waals surface area contributed by atoms with Crippen molar-refractivity contribution in [2.75, 3.05) is 18.0 Å². The predicted octanol–water partition coefficient (Wildman–Crippen LogP) is 1.22. The van der Waals surface area contributed by atoms with Crippen LogP contribution >= 0.6 is 0 Å². The fraction of sp³-hybridized carbons (Fsp3) is 0.647. The van der Waals surface area contributed by atoms with Crippen molar-refractivity contribution in [2.45, 2.75) is 58.6 Å². The summed E-state index contributed by atoms with van der Waals surface area (Å²) in [5.41, 5.74) is 0.152. The molecule has 3 aromatic rings. The van der Waals surface area contributed by atoms with E-state index in [1.54, 1.807) is 6.92 Å². The van der Waals surface area contributed by atoms with Crippen LogP contribution < -0.4 is 4.90 Å². The van der Waals surface area contributed by atoms with Gasteiger partial charge in [-0.05, 0) is 20.3 Å². The third kappa shape index (κ3) is 3.48. The Morgan fingerprint density at radius 2 is 1.96 bits per heavy atom. The zero-order valence-electron chi connectivity index (χ0n) is 16.3. The summed E-state index contributed by atoms with van der Waals surface area (Å²) in [5.74, 6) is 2.40. The van der Waals surface area contributed by atoms with E-state index in [1.165, 1.54) is 4.80 Å². The van der Waals surface area contributed by atoms with Crippen LogP contribution in [0, 0.1) is 6.92 Å². The smallest absolute Gasteiger partial charge is 0.250 e. The highest BCUT2D eigenvalue weighted by Gasteiger charge is 2.34. The Hall–Kier alpha value is -2.62. The second kappa shape index (κ2) is 5.95. The molecule has 4 heterocycles. The molecule has 0 aliphatic carbocycles. The van der Waals surface area contributed by atoms with Gasteiger partial charge in [0, 0.05) is 18.5 Å². The molecule has 1 fully saturated rings. The van der Waals surface area contributed by atoms with Crippen molar-refractivity contribution in [1.82, 2.24) is 35.1 Å². The first-order chi connectivity index (χ1) is 12.6. The maximum Gasteiger partial charge on any atom is 0.250 e. The van der Waals surface area contributed by atoms with Crippen LogP contribution in [0.5, 0.6) is 0 Å². The lowest BCUT2D eigenvalue weighted by atomic mass is 9.96. The van der Waals surface area contributed by atoms with E-state index in [2.05, 4.69) is 51.0 Å². The Morgan fingerprint density at radius 1 is 1.19 bits per heavy atom. The van der Waals surface area contributed by atoms with Gasteiger partial charge in [-0.25, -0.2) is 9.97 Å². The quantitative estimate of drug-likeness (QED) is 0.723. The molecule has 0 bridgehead atoms. The van der Waals surface area contributed by atoms with E-state index < -0.39 is 5.60 Å². The summed E-state index contributed by atoms with van der Waals surface area (Å²) in [6, 6.07) is 0. The van der Waals surface area contributed by atoms with Gasteiger partial charge in [-0.2, -0.15) is 9.78 Å². The Kier molecular flexibility index (Phi) is 3.91. The number of aromatic nitrogens is 7. The molecule has 1 atom stereocenters. The molecule has 1 N–H and O–H groups in total.